The second-order valence-corrected chi connectivity index (χ2v) is 44.2. The number of Topliss-reactive ketones (excluding diaryl/α,β-unsaturated/α-hetero) is 1. The van der Waals surface area contributed by atoms with Gasteiger partial charge in [0.2, 0.25) is 8.32 Å². The van der Waals surface area contributed by atoms with Gasteiger partial charge in [0.05, 0.1) is 40.9 Å². The van der Waals surface area contributed by atoms with Crippen molar-refractivity contribution in [2.24, 2.45) is 11.8 Å². The third-order valence-electron chi connectivity index (χ3n) is 12.2. The molecule has 0 amide bonds. The van der Waals surface area contributed by atoms with Crippen LogP contribution in [0.5, 0.6) is 0 Å². The number of hydrogen-bond donors (Lipinski definition) is 0. The molecule has 0 aliphatic carbocycles. The third kappa shape index (κ3) is 20.9. The molecule has 6 atom stereocenters. The van der Waals surface area contributed by atoms with Crippen molar-refractivity contribution in [1.82, 2.24) is 0 Å². The van der Waals surface area contributed by atoms with Gasteiger partial charge in [0.25, 0.3) is 0 Å². The maximum absolute atomic E-state index is 13.7. The Morgan fingerprint density at radius 2 is 1.25 bits per heavy atom. The van der Waals surface area contributed by atoms with E-state index in [9.17, 15) is 9.59 Å². The number of esters is 1. The number of ether oxygens (including phenoxy) is 2. The molecule has 0 unspecified atom stereocenters. The van der Waals surface area contributed by atoms with Crippen LogP contribution in [0.4, 0.5) is 0 Å². The lowest BCUT2D eigenvalue weighted by atomic mass is 9.93. The monoisotopic (exact) mass is 893 g/mol. The molecule has 0 bridgehead atoms. The highest BCUT2D eigenvalue weighted by molar-refractivity contribution is 6.81. The number of rotatable bonds is 23. The predicted octanol–water partition coefficient (Wildman–Crippen LogP) is 14.8. The average molecular weight is 894 g/mol. The summed E-state index contributed by atoms with van der Waals surface area (Å²) < 4.78 is 26.7. The Kier molecular flexibility index (Phi) is 22.0. The van der Waals surface area contributed by atoms with Gasteiger partial charge in [-0.15, -0.1) is 0 Å². The SMILES string of the molecule is CC(C)[Si](O[C@@H](CCCC(=O)C[C@@H]1C/C(=C/[Si](C)(C)C)C[C@H](CC(=O)OC(C)(C)C)O1)C[C@H](C)/C=C/[C@@H](C)[C@@H](/C=C/[Si](C)(C)C)O[Si](C)(C)C(C)(C)C)(C(C)C)C(C)C. The number of carbonyl (C=O) groups excluding carboxylic acids is 2. The Bertz CT molecular complexity index is 1360. The molecule has 0 spiro atoms. The van der Waals surface area contributed by atoms with Gasteiger partial charge < -0.3 is 18.3 Å². The Balaban J connectivity index is 3.27. The fourth-order valence-corrected chi connectivity index (χ4v) is 17.7. The van der Waals surface area contributed by atoms with E-state index in [-0.39, 0.29) is 53.5 Å². The van der Waals surface area contributed by atoms with Crippen LogP contribution in [0.3, 0.4) is 0 Å². The zero-order valence-electron chi connectivity index (χ0n) is 42.7. The van der Waals surface area contributed by atoms with Crippen molar-refractivity contribution < 1.29 is 27.9 Å². The van der Waals surface area contributed by atoms with Crippen LogP contribution in [-0.2, 0) is 27.9 Å². The van der Waals surface area contributed by atoms with Crippen LogP contribution < -0.4 is 0 Å². The van der Waals surface area contributed by atoms with Gasteiger partial charge in [-0.05, 0) is 93.5 Å². The lowest BCUT2D eigenvalue weighted by Crippen LogP contribution is -2.50. The normalized spacial score (nSPS) is 20.9. The summed E-state index contributed by atoms with van der Waals surface area (Å²) >= 11 is 0. The van der Waals surface area contributed by atoms with E-state index in [0.29, 0.717) is 35.4 Å². The third-order valence-corrected chi connectivity index (χ3v) is 25.3. The lowest BCUT2D eigenvalue weighted by Gasteiger charge is -2.45. The highest BCUT2D eigenvalue weighted by Crippen LogP contribution is 2.44. The molecular weight excluding hydrogens is 797 g/mol. The fourth-order valence-electron chi connectivity index (χ4n) is 8.57. The molecule has 6 nitrogen and oxygen atoms in total. The zero-order valence-corrected chi connectivity index (χ0v) is 46.7. The van der Waals surface area contributed by atoms with Gasteiger partial charge in [-0.3, -0.25) is 9.59 Å². The van der Waals surface area contributed by atoms with Crippen molar-refractivity contribution in [2.45, 2.75) is 252 Å². The molecule has 1 saturated heterocycles. The zero-order chi connectivity index (χ0) is 45.9. The topological polar surface area (TPSA) is 71.1 Å². The maximum atomic E-state index is 13.7. The maximum Gasteiger partial charge on any atom is 0.308 e. The number of carbonyl (C=O) groups is 2. The van der Waals surface area contributed by atoms with Gasteiger partial charge >= 0.3 is 5.97 Å². The molecule has 1 rings (SSSR count). The van der Waals surface area contributed by atoms with Crippen LogP contribution in [0.2, 0.25) is 74.0 Å². The second kappa shape index (κ2) is 23.2. The Hall–Kier alpha value is -0.892. The van der Waals surface area contributed by atoms with E-state index in [1.807, 2.05) is 20.8 Å². The molecule has 0 radical (unpaired) electrons. The van der Waals surface area contributed by atoms with Gasteiger partial charge in [-0.25, -0.2) is 0 Å². The first-order chi connectivity index (χ1) is 26.6. The second-order valence-electron chi connectivity index (χ2n) is 24.0. The van der Waals surface area contributed by atoms with Crippen molar-refractivity contribution in [3.8, 4) is 0 Å². The minimum atomic E-state index is -2.16. The smallest absolute Gasteiger partial charge is 0.308 e. The summed E-state index contributed by atoms with van der Waals surface area (Å²) in [6.07, 6.45) is 12.0. The summed E-state index contributed by atoms with van der Waals surface area (Å²) in [7, 11) is -7.04. The Morgan fingerprint density at radius 1 is 0.729 bits per heavy atom. The first-order valence-electron chi connectivity index (χ1n) is 23.4. The standard InChI is InChI=1S/C49H96O6Si4/c1-36(2)59(37(3)4,38(5)6)54-43(30-39(7)26-27-40(8)46(28-29-56(15,16)17)55-58(21,22)49(12,13)14)25-23-24-42(50)33-44-31-41(35-57(18,19)20)32-45(52-44)34-47(51)53-48(9,10)11/h26-29,35-40,43-46H,23-25,30-34H2,1-22H3/b27-26+,29-28+,41-35-/t39-,40-,43+,44+,45-,46-/m1/s1. The van der Waals surface area contributed by atoms with E-state index in [4.69, 9.17) is 18.3 Å². The average Bonchev–Trinajstić information content (AvgIpc) is 3.00. The number of hydrogen-bond acceptors (Lipinski definition) is 6. The van der Waals surface area contributed by atoms with Crippen LogP contribution in [0.15, 0.2) is 35.2 Å². The summed E-state index contributed by atoms with van der Waals surface area (Å²) in [6, 6.07) is 0. The van der Waals surface area contributed by atoms with Crippen molar-refractivity contribution in [1.29, 1.82) is 0 Å². The summed E-state index contributed by atoms with van der Waals surface area (Å²) in [5, 5.41) is 0.141. The van der Waals surface area contributed by atoms with Gasteiger partial charge in [0, 0.05) is 24.9 Å². The summed E-state index contributed by atoms with van der Waals surface area (Å²) in [5.41, 5.74) is 7.13. The minimum Gasteiger partial charge on any atom is -0.460 e. The molecule has 344 valence electrons. The van der Waals surface area contributed by atoms with E-state index in [1.165, 1.54) is 5.57 Å². The number of allylic oxidation sites excluding steroid dienone is 1. The minimum absolute atomic E-state index is 0.0508. The van der Waals surface area contributed by atoms with E-state index in [0.717, 1.165) is 32.1 Å². The summed E-state index contributed by atoms with van der Waals surface area (Å²) in [4.78, 5) is 26.5. The van der Waals surface area contributed by atoms with Gasteiger partial charge in [0.1, 0.15) is 11.4 Å². The Morgan fingerprint density at radius 3 is 1.71 bits per heavy atom. The first-order valence-corrected chi connectivity index (χ1v) is 35.6. The van der Waals surface area contributed by atoms with Crippen molar-refractivity contribution in [3.63, 3.8) is 0 Å². The fraction of sp³-hybridized carbons (Fsp3) is 0.837. The van der Waals surface area contributed by atoms with Crippen LogP contribution in [-0.4, -0.2) is 74.6 Å². The Labute approximate surface area is 370 Å². The largest absolute Gasteiger partial charge is 0.460 e. The molecule has 1 aliphatic heterocycles. The van der Waals surface area contributed by atoms with E-state index in [1.54, 1.807) is 0 Å². The summed E-state index contributed by atoms with van der Waals surface area (Å²) in [6.45, 7) is 50.3. The van der Waals surface area contributed by atoms with Crippen LogP contribution in [0.25, 0.3) is 0 Å². The van der Waals surface area contributed by atoms with Gasteiger partial charge in [-0.1, -0.05) is 151 Å². The molecular formula is C49H96O6Si4. The molecule has 10 heteroatoms. The first kappa shape index (κ1) is 56.1. The number of ketones is 1. The molecule has 1 aliphatic rings. The summed E-state index contributed by atoms with van der Waals surface area (Å²) in [5.74, 6) is 0.562. The van der Waals surface area contributed by atoms with Crippen LogP contribution in [0, 0.1) is 11.8 Å². The predicted molar refractivity (Wildman–Crippen MR) is 266 cm³/mol. The molecule has 1 heterocycles. The molecule has 0 saturated carbocycles. The molecule has 0 N–H and O–H groups in total. The molecule has 0 aromatic carbocycles. The molecule has 59 heavy (non-hydrogen) atoms. The van der Waals surface area contributed by atoms with Crippen molar-refractivity contribution in [3.05, 3.63) is 35.2 Å². The van der Waals surface area contributed by atoms with Crippen molar-refractivity contribution in [2.75, 3.05) is 0 Å². The van der Waals surface area contributed by atoms with E-state index >= 15 is 0 Å². The van der Waals surface area contributed by atoms with Gasteiger partial charge in [0.15, 0.2) is 8.32 Å². The molecule has 0 aromatic rings. The molecule has 1 fully saturated rings. The van der Waals surface area contributed by atoms with Crippen LogP contribution in [0.1, 0.15) is 148 Å². The van der Waals surface area contributed by atoms with Crippen LogP contribution >= 0.6 is 0 Å². The highest BCUT2D eigenvalue weighted by atomic mass is 28.4. The quantitative estimate of drug-likeness (QED) is 0.0578. The van der Waals surface area contributed by atoms with E-state index < -0.39 is 38.4 Å². The lowest BCUT2D eigenvalue weighted by molar-refractivity contribution is -0.159. The molecule has 0 aromatic heterocycles. The van der Waals surface area contributed by atoms with Crippen molar-refractivity contribution >= 4 is 44.5 Å². The highest BCUT2D eigenvalue weighted by Gasteiger charge is 2.47. The van der Waals surface area contributed by atoms with Gasteiger partial charge in [-0.2, -0.15) is 0 Å². The van der Waals surface area contributed by atoms with E-state index in [2.05, 4.69) is 158 Å².